The molecule has 8 aromatic carbocycles. The van der Waals surface area contributed by atoms with Crippen LogP contribution < -0.4 is 26.2 Å². The van der Waals surface area contributed by atoms with E-state index < -0.39 is 0 Å². The van der Waals surface area contributed by atoms with Gasteiger partial charge in [0.05, 0.1) is 11.4 Å². The molecule has 0 bridgehead atoms. The number of aryl methyl sites for hydroxylation is 2. The molecule has 0 aliphatic carbocycles. The van der Waals surface area contributed by atoms with E-state index in [9.17, 15) is 0 Å². The lowest BCUT2D eigenvalue weighted by Crippen LogP contribution is -2.61. The van der Waals surface area contributed by atoms with E-state index in [0.29, 0.717) is 5.02 Å². The predicted octanol–water partition coefficient (Wildman–Crippen LogP) is 18.1. The molecule has 2 aliphatic heterocycles. The van der Waals surface area contributed by atoms with Gasteiger partial charge in [-0.1, -0.05) is 182 Å². The van der Waals surface area contributed by atoms with Crippen LogP contribution in [-0.4, -0.2) is 6.71 Å². The number of hydrogen-bond acceptors (Lipinski definition) is 3. The Hall–Kier alpha value is -5.78. The van der Waals surface area contributed by atoms with Gasteiger partial charge in [-0.2, -0.15) is 0 Å². The summed E-state index contributed by atoms with van der Waals surface area (Å²) in [6.45, 7) is 18.6. The van der Waals surface area contributed by atoms with Crippen molar-refractivity contribution in [2.45, 2.75) is 105 Å². The molecule has 70 heavy (non-hydrogen) atoms. The van der Waals surface area contributed by atoms with Crippen LogP contribution in [0.5, 0.6) is 0 Å². The zero-order chi connectivity index (χ0) is 48.6. The molecule has 3 heterocycles. The van der Waals surface area contributed by atoms with Crippen LogP contribution in [0.4, 0.5) is 34.1 Å². The molecule has 0 amide bonds. The van der Waals surface area contributed by atoms with Crippen molar-refractivity contribution in [2.75, 3.05) is 9.80 Å². The van der Waals surface area contributed by atoms with Gasteiger partial charge in [-0.15, -0.1) is 11.3 Å². The van der Waals surface area contributed by atoms with Crippen LogP contribution in [0.15, 0.2) is 152 Å². The molecule has 0 atom stereocenters. The number of rotatable bonds is 10. The van der Waals surface area contributed by atoms with E-state index in [4.69, 9.17) is 23.2 Å². The molecule has 0 fully saturated rings. The Labute approximate surface area is 430 Å². The fourth-order valence-electron chi connectivity index (χ4n) is 11.2. The van der Waals surface area contributed by atoms with Crippen LogP contribution in [0.3, 0.4) is 0 Å². The number of anilines is 6. The maximum absolute atomic E-state index is 7.26. The maximum atomic E-state index is 7.26. The molecule has 350 valence electrons. The van der Waals surface area contributed by atoms with Crippen molar-refractivity contribution < 1.29 is 0 Å². The van der Waals surface area contributed by atoms with Crippen LogP contribution in [0.1, 0.15) is 103 Å². The Morgan fingerprint density at radius 2 is 1.00 bits per heavy atom. The summed E-state index contributed by atoms with van der Waals surface area (Å²) in [5.74, 6) is 0. The molecular weight excluding hydrogens is 911 g/mol. The predicted molar refractivity (Wildman–Crippen MR) is 309 cm³/mol. The van der Waals surface area contributed by atoms with Crippen molar-refractivity contribution in [2.24, 2.45) is 0 Å². The maximum Gasteiger partial charge on any atom is 0.252 e. The molecule has 1 aromatic heterocycles. The number of fused-ring (bicyclic) bond motifs is 7. The Bertz CT molecular complexity index is 3410. The van der Waals surface area contributed by atoms with Crippen LogP contribution >= 0.6 is 34.5 Å². The van der Waals surface area contributed by atoms with Gasteiger partial charge >= 0.3 is 0 Å². The number of thiophene rings is 1. The third-order valence-electron chi connectivity index (χ3n) is 14.9. The lowest BCUT2D eigenvalue weighted by molar-refractivity contribution is 0.590. The van der Waals surface area contributed by atoms with E-state index in [2.05, 4.69) is 217 Å². The Kier molecular flexibility index (Phi) is 12.1. The monoisotopic (exact) mass is 970 g/mol. The first kappa shape index (κ1) is 46.6. The zero-order valence-electron chi connectivity index (χ0n) is 41.8. The number of hydrogen-bond donors (Lipinski definition) is 0. The lowest BCUT2D eigenvalue weighted by atomic mass is 9.33. The molecule has 2 nitrogen and oxygen atoms in total. The average Bonchev–Trinajstić information content (AvgIpc) is 3.72. The fourth-order valence-corrected chi connectivity index (χ4v) is 12.8. The van der Waals surface area contributed by atoms with Crippen molar-refractivity contribution in [3.8, 4) is 22.3 Å². The smallest absolute Gasteiger partial charge is 0.252 e. The summed E-state index contributed by atoms with van der Waals surface area (Å²) in [5, 5.41) is 4.18. The zero-order valence-corrected chi connectivity index (χ0v) is 44.1. The first-order valence-corrected chi connectivity index (χ1v) is 26.9. The highest BCUT2D eigenvalue weighted by molar-refractivity contribution is 7.26. The summed E-state index contributed by atoms with van der Waals surface area (Å²) < 4.78 is 2.74. The summed E-state index contributed by atoms with van der Waals surface area (Å²) >= 11 is 16.5. The lowest BCUT2D eigenvalue weighted by Gasteiger charge is -2.46. The molecule has 0 N–H and O–H groups in total. The fraction of sp³-hybridized carbons (Fsp3) is 0.250. The van der Waals surface area contributed by atoms with Gasteiger partial charge in [-0.25, -0.2) is 0 Å². The first-order valence-electron chi connectivity index (χ1n) is 25.4. The normalized spacial score (nSPS) is 13.3. The Morgan fingerprint density at radius 1 is 0.500 bits per heavy atom. The van der Waals surface area contributed by atoms with Gasteiger partial charge in [0.1, 0.15) is 0 Å². The highest BCUT2D eigenvalue weighted by atomic mass is 35.5. The first-order chi connectivity index (χ1) is 33.7. The van der Waals surface area contributed by atoms with Gasteiger partial charge < -0.3 is 9.80 Å². The standard InChI is InChI=1S/C64H61BCl2N2S/c1-9-11-21-42-33-51-47-27-19-20-28-58(47)70-62(51)48(26-12-10-2)60(42)68-54-38-45(66)29-31-52(54)65-53-32-30-46(67)39-55(53)69(57-37-44(64(6,7)8)36-56(68)59(57)65)61-49(40-22-15-13-16-23-40)34-43(63(3,4)5)35-50(61)41-24-17-14-18-25-41/h13-20,22-25,27-39H,9-12,21,26H2,1-8H3. The molecule has 6 heteroatoms. The molecule has 0 saturated heterocycles. The van der Waals surface area contributed by atoms with Gasteiger partial charge in [0.15, 0.2) is 0 Å². The van der Waals surface area contributed by atoms with Gasteiger partial charge in [-0.3, -0.25) is 0 Å². The summed E-state index contributed by atoms with van der Waals surface area (Å²) in [6, 6.07) is 56.8. The second-order valence-electron chi connectivity index (χ2n) is 21.6. The van der Waals surface area contributed by atoms with Crippen molar-refractivity contribution in [3.05, 3.63) is 184 Å². The minimum atomic E-state index is -0.201. The van der Waals surface area contributed by atoms with Gasteiger partial charge in [-0.05, 0) is 147 Å². The second-order valence-corrected chi connectivity index (χ2v) is 23.6. The molecule has 0 unspecified atom stereocenters. The van der Waals surface area contributed by atoms with Gasteiger partial charge in [0, 0.05) is 64.1 Å². The van der Waals surface area contributed by atoms with Crippen LogP contribution in [0, 0.1) is 0 Å². The molecule has 9 aromatic rings. The van der Waals surface area contributed by atoms with Crippen molar-refractivity contribution in [1.82, 2.24) is 0 Å². The summed E-state index contributed by atoms with van der Waals surface area (Å²) in [4.78, 5) is 5.29. The average molecular weight is 972 g/mol. The van der Waals surface area contributed by atoms with Crippen molar-refractivity contribution >= 4 is 112 Å². The van der Waals surface area contributed by atoms with E-state index in [-0.39, 0.29) is 17.5 Å². The third kappa shape index (κ3) is 7.96. The summed E-state index contributed by atoms with van der Waals surface area (Å²) in [7, 11) is 0. The Balaban J connectivity index is 1.32. The highest BCUT2D eigenvalue weighted by Crippen LogP contribution is 2.54. The highest BCUT2D eigenvalue weighted by Gasteiger charge is 2.46. The molecule has 2 aliphatic rings. The third-order valence-corrected chi connectivity index (χ3v) is 16.6. The van der Waals surface area contributed by atoms with Crippen LogP contribution in [-0.2, 0) is 23.7 Å². The van der Waals surface area contributed by atoms with E-state index in [1.165, 1.54) is 98.1 Å². The van der Waals surface area contributed by atoms with Crippen molar-refractivity contribution in [3.63, 3.8) is 0 Å². The number of nitrogens with zero attached hydrogens (tertiary/aromatic N) is 2. The topological polar surface area (TPSA) is 6.48 Å². The van der Waals surface area contributed by atoms with Crippen LogP contribution in [0.2, 0.25) is 10.0 Å². The Morgan fingerprint density at radius 3 is 1.54 bits per heavy atom. The minimum Gasteiger partial charge on any atom is -0.311 e. The summed E-state index contributed by atoms with van der Waals surface area (Å²) in [5.41, 5.74) is 20.7. The molecule has 0 saturated carbocycles. The molecule has 0 radical (unpaired) electrons. The molecular formula is C64H61BCl2N2S. The van der Waals surface area contributed by atoms with E-state index in [0.717, 1.165) is 60.6 Å². The molecule has 11 rings (SSSR count). The SMILES string of the molecule is CCCCc1cc2c(sc3ccccc32)c(CCCC)c1N1c2cc(Cl)ccc2B2c3ccc(Cl)cc3N(c3c(-c4ccccc4)cc(C(C)(C)C)cc3-c3ccccc3)c3cc(C(C)(C)C)cc1c32. The van der Waals surface area contributed by atoms with Crippen LogP contribution in [0.25, 0.3) is 42.4 Å². The number of unbranched alkanes of at least 4 members (excludes halogenated alkanes) is 2. The van der Waals surface area contributed by atoms with Crippen molar-refractivity contribution in [1.29, 1.82) is 0 Å². The van der Waals surface area contributed by atoms with E-state index in [1.807, 2.05) is 11.3 Å². The minimum absolute atomic E-state index is 0.0912. The summed E-state index contributed by atoms with van der Waals surface area (Å²) in [6.07, 6.45) is 6.39. The van der Waals surface area contributed by atoms with E-state index >= 15 is 0 Å². The largest absolute Gasteiger partial charge is 0.311 e. The second kappa shape index (κ2) is 18.1. The quantitative estimate of drug-likeness (QED) is 0.126. The van der Waals surface area contributed by atoms with Gasteiger partial charge in [0.2, 0.25) is 0 Å². The molecule has 0 spiro atoms. The number of halogens is 2. The van der Waals surface area contributed by atoms with E-state index in [1.54, 1.807) is 0 Å². The van der Waals surface area contributed by atoms with Gasteiger partial charge in [0.25, 0.3) is 6.71 Å². The number of benzene rings is 8.